The Morgan fingerprint density at radius 1 is 0.938 bits per heavy atom. The van der Waals surface area contributed by atoms with Gasteiger partial charge < -0.3 is 15.1 Å². The van der Waals surface area contributed by atoms with Gasteiger partial charge in [0, 0.05) is 33.1 Å². The number of carbonyl (C=O) groups is 2. The first-order valence-corrected chi connectivity index (χ1v) is 11.0. The van der Waals surface area contributed by atoms with Crippen LogP contribution < -0.4 is 5.32 Å². The number of rotatable bonds is 7. The molecule has 1 saturated heterocycles. The van der Waals surface area contributed by atoms with E-state index >= 15 is 0 Å². The van der Waals surface area contributed by atoms with Crippen LogP contribution in [0, 0.1) is 0 Å². The zero-order valence-corrected chi connectivity index (χ0v) is 18.4. The summed E-state index contributed by atoms with van der Waals surface area (Å²) in [7, 11) is 1.81. The number of hydrogen-bond acceptors (Lipinski definition) is 3. The van der Waals surface area contributed by atoms with Gasteiger partial charge in [0.2, 0.25) is 11.8 Å². The van der Waals surface area contributed by atoms with Crippen molar-refractivity contribution in [2.45, 2.75) is 25.0 Å². The number of amides is 2. The SMILES string of the molecule is CN(Cc1ccccc1)C(=O)[C@@H](Cc1ccccc1)N1CCN[C@H](c2ccccc2)C1=O. The lowest BCUT2D eigenvalue weighted by atomic mass is 9.98. The second-order valence-electron chi connectivity index (χ2n) is 8.21. The molecule has 0 aromatic heterocycles. The second-order valence-corrected chi connectivity index (χ2v) is 8.21. The molecule has 3 aromatic carbocycles. The van der Waals surface area contributed by atoms with Gasteiger partial charge in [-0.25, -0.2) is 0 Å². The average Bonchev–Trinajstić information content (AvgIpc) is 2.84. The first kappa shape index (κ1) is 21.8. The molecule has 1 fully saturated rings. The smallest absolute Gasteiger partial charge is 0.245 e. The summed E-state index contributed by atoms with van der Waals surface area (Å²) in [5, 5.41) is 3.33. The summed E-state index contributed by atoms with van der Waals surface area (Å²) in [4.78, 5) is 30.7. The topological polar surface area (TPSA) is 52.7 Å². The largest absolute Gasteiger partial charge is 0.340 e. The minimum atomic E-state index is -0.549. The standard InChI is InChI=1S/C27H29N3O2/c1-29(20-22-13-7-3-8-14-22)26(31)24(19-21-11-5-2-6-12-21)30-18-17-28-25(27(30)32)23-15-9-4-10-16-23/h2-16,24-25,28H,17-20H2,1H3/t24-,25-/m1/s1. The van der Waals surface area contributed by atoms with Crippen LogP contribution in [0.4, 0.5) is 0 Å². The quantitative estimate of drug-likeness (QED) is 0.629. The van der Waals surface area contributed by atoms with Gasteiger partial charge in [-0.05, 0) is 16.7 Å². The van der Waals surface area contributed by atoms with Crippen molar-refractivity contribution in [2.24, 2.45) is 0 Å². The molecule has 2 amide bonds. The Morgan fingerprint density at radius 2 is 1.50 bits per heavy atom. The highest BCUT2D eigenvalue weighted by Crippen LogP contribution is 2.23. The molecule has 2 atom stereocenters. The molecular weight excluding hydrogens is 398 g/mol. The van der Waals surface area contributed by atoms with Crippen molar-refractivity contribution in [3.8, 4) is 0 Å². The second kappa shape index (κ2) is 10.2. The molecule has 1 N–H and O–H groups in total. The number of piperazine rings is 1. The molecule has 0 aliphatic carbocycles. The molecule has 1 aliphatic rings. The fraction of sp³-hybridized carbons (Fsp3) is 0.259. The lowest BCUT2D eigenvalue weighted by molar-refractivity contribution is -0.148. The van der Waals surface area contributed by atoms with Crippen LogP contribution >= 0.6 is 0 Å². The van der Waals surface area contributed by atoms with Gasteiger partial charge in [0.1, 0.15) is 12.1 Å². The van der Waals surface area contributed by atoms with Gasteiger partial charge in [0.15, 0.2) is 0 Å². The summed E-state index contributed by atoms with van der Waals surface area (Å²) in [5.74, 6) is -0.0930. The van der Waals surface area contributed by atoms with Crippen LogP contribution in [0.15, 0.2) is 91.0 Å². The van der Waals surface area contributed by atoms with Crippen molar-refractivity contribution in [2.75, 3.05) is 20.1 Å². The zero-order chi connectivity index (χ0) is 22.3. The van der Waals surface area contributed by atoms with Crippen LogP contribution in [0.3, 0.4) is 0 Å². The van der Waals surface area contributed by atoms with E-state index in [1.807, 2.05) is 98.0 Å². The third kappa shape index (κ3) is 5.06. The van der Waals surface area contributed by atoms with Crippen LogP contribution in [0.2, 0.25) is 0 Å². The van der Waals surface area contributed by atoms with Gasteiger partial charge >= 0.3 is 0 Å². The molecule has 0 unspecified atom stereocenters. The fourth-order valence-corrected chi connectivity index (χ4v) is 4.27. The Balaban J connectivity index is 1.59. The molecule has 0 spiro atoms. The highest BCUT2D eigenvalue weighted by atomic mass is 16.2. The molecule has 32 heavy (non-hydrogen) atoms. The molecule has 0 radical (unpaired) electrons. The monoisotopic (exact) mass is 427 g/mol. The third-order valence-corrected chi connectivity index (χ3v) is 5.94. The zero-order valence-electron chi connectivity index (χ0n) is 18.4. The molecule has 3 aromatic rings. The summed E-state index contributed by atoms with van der Waals surface area (Å²) in [5.41, 5.74) is 3.03. The molecular formula is C27H29N3O2. The van der Waals surface area contributed by atoms with E-state index in [1.54, 1.807) is 9.80 Å². The Hall–Kier alpha value is -3.44. The molecule has 0 saturated carbocycles. The van der Waals surface area contributed by atoms with Gasteiger partial charge in [-0.15, -0.1) is 0 Å². The molecule has 0 bridgehead atoms. The number of nitrogens with zero attached hydrogens (tertiary/aromatic N) is 2. The van der Waals surface area contributed by atoms with Crippen LogP contribution in [0.25, 0.3) is 0 Å². The highest BCUT2D eigenvalue weighted by molar-refractivity contribution is 5.91. The summed E-state index contributed by atoms with van der Waals surface area (Å²) in [6.45, 7) is 1.66. The van der Waals surface area contributed by atoms with E-state index < -0.39 is 12.1 Å². The van der Waals surface area contributed by atoms with E-state index in [1.165, 1.54) is 0 Å². The molecule has 164 valence electrons. The van der Waals surface area contributed by atoms with Crippen molar-refractivity contribution >= 4 is 11.8 Å². The maximum absolute atomic E-state index is 13.7. The Kier molecular flexibility index (Phi) is 6.97. The number of benzene rings is 3. The number of hydrogen-bond donors (Lipinski definition) is 1. The van der Waals surface area contributed by atoms with Gasteiger partial charge in [-0.3, -0.25) is 9.59 Å². The van der Waals surface area contributed by atoms with Crippen LogP contribution in [0.5, 0.6) is 0 Å². The normalized spacial score (nSPS) is 17.1. The van der Waals surface area contributed by atoms with Crippen LogP contribution in [0.1, 0.15) is 22.7 Å². The van der Waals surface area contributed by atoms with E-state index in [4.69, 9.17) is 0 Å². The van der Waals surface area contributed by atoms with Crippen molar-refractivity contribution in [1.29, 1.82) is 0 Å². The van der Waals surface area contributed by atoms with E-state index in [-0.39, 0.29) is 11.8 Å². The van der Waals surface area contributed by atoms with Gasteiger partial charge in [-0.2, -0.15) is 0 Å². The lowest BCUT2D eigenvalue weighted by Gasteiger charge is -2.39. The first-order chi connectivity index (χ1) is 15.6. The van der Waals surface area contributed by atoms with Crippen LogP contribution in [-0.2, 0) is 22.6 Å². The predicted molar refractivity (Wildman–Crippen MR) is 126 cm³/mol. The summed E-state index contributed by atoms with van der Waals surface area (Å²) < 4.78 is 0. The molecule has 5 nitrogen and oxygen atoms in total. The van der Waals surface area contributed by atoms with Crippen molar-refractivity contribution in [1.82, 2.24) is 15.1 Å². The van der Waals surface area contributed by atoms with Crippen LogP contribution in [-0.4, -0.2) is 47.8 Å². The molecule has 1 aliphatic heterocycles. The fourth-order valence-electron chi connectivity index (χ4n) is 4.27. The van der Waals surface area contributed by atoms with Gasteiger partial charge in [0.05, 0.1) is 0 Å². The van der Waals surface area contributed by atoms with Crippen molar-refractivity contribution in [3.05, 3.63) is 108 Å². The van der Waals surface area contributed by atoms with Gasteiger partial charge in [-0.1, -0.05) is 91.0 Å². The first-order valence-electron chi connectivity index (χ1n) is 11.0. The Labute approximate surface area is 189 Å². The minimum absolute atomic E-state index is 0.0419. The number of carbonyl (C=O) groups excluding carboxylic acids is 2. The third-order valence-electron chi connectivity index (χ3n) is 5.94. The van der Waals surface area contributed by atoms with Crippen molar-refractivity contribution in [3.63, 3.8) is 0 Å². The minimum Gasteiger partial charge on any atom is -0.340 e. The highest BCUT2D eigenvalue weighted by Gasteiger charge is 2.38. The average molecular weight is 428 g/mol. The van der Waals surface area contributed by atoms with E-state index in [9.17, 15) is 9.59 Å². The Morgan fingerprint density at radius 3 is 2.12 bits per heavy atom. The van der Waals surface area contributed by atoms with Crippen molar-refractivity contribution < 1.29 is 9.59 Å². The van der Waals surface area contributed by atoms with E-state index in [0.29, 0.717) is 26.1 Å². The molecule has 4 rings (SSSR count). The summed E-state index contributed by atoms with van der Waals surface area (Å²) in [6.07, 6.45) is 0.492. The molecule has 5 heteroatoms. The summed E-state index contributed by atoms with van der Waals surface area (Å²) >= 11 is 0. The van der Waals surface area contributed by atoms with Gasteiger partial charge in [0.25, 0.3) is 0 Å². The number of likely N-dealkylation sites (N-methyl/N-ethyl adjacent to an activating group) is 1. The van der Waals surface area contributed by atoms with E-state index in [0.717, 1.165) is 16.7 Å². The maximum atomic E-state index is 13.7. The Bertz CT molecular complexity index is 1020. The number of nitrogens with one attached hydrogen (secondary N) is 1. The summed E-state index contributed by atoms with van der Waals surface area (Å²) in [6, 6.07) is 28.6. The maximum Gasteiger partial charge on any atom is 0.245 e. The lowest BCUT2D eigenvalue weighted by Crippen LogP contribution is -2.58. The van der Waals surface area contributed by atoms with E-state index in [2.05, 4.69) is 5.32 Å². The predicted octanol–water partition coefficient (Wildman–Crippen LogP) is 3.43. The molecule has 1 heterocycles.